The van der Waals surface area contributed by atoms with Crippen molar-refractivity contribution in [3.63, 3.8) is 0 Å². The van der Waals surface area contributed by atoms with Gasteiger partial charge in [0.05, 0.1) is 12.0 Å². The van der Waals surface area contributed by atoms with Crippen LogP contribution < -0.4 is 4.74 Å². The van der Waals surface area contributed by atoms with Crippen molar-refractivity contribution < 1.29 is 9.84 Å². The van der Waals surface area contributed by atoms with Crippen LogP contribution in [0.2, 0.25) is 0 Å². The lowest BCUT2D eigenvalue weighted by Gasteiger charge is -2.11. The summed E-state index contributed by atoms with van der Waals surface area (Å²) in [5.74, 6) is 3.52. The molecule has 1 fully saturated rings. The van der Waals surface area contributed by atoms with Crippen molar-refractivity contribution in [1.82, 2.24) is 0 Å². The van der Waals surface area contributed by atoms with Gasteiger partial charge >= 0.3 is 0 Å². The summed E-state index contributed by atoms with van der Waals surface area (Å²) in [5.41, 5.74) is 0.978. The number of phenols is 1. The van der Waals surface area contributed by atoms with Crippen LogP contribution in [0.3, 0.4) is 0 Å². The predicted octanol–water partition coefficient (Wildman–Crippen LogP) is 2.46. The molecule has 0 saturated heterocycles. The van der Waals surface area contributed by atoms with Gasteiger partial charge in [0.15, 0.2) is 11.5 Å². The second-order valence-corrected chi connectivity index (χ2v) is 3.84. The van der Waals surface area contributed by atoms with Crippen molar-refractivity contribution >= 4 is 0 Å². The summed E-state index contributed by atoms with van der Waals surface area (Å²) >= 11 is 0. The molecule has 0 bridgehead atoms. The maximum atomic E-state index is 9.55. The van der Waals surface area contributed by atoms with E-state index in [1.165, 1.54) is 0 Å². The second kappa shape index (κ2) is 3.51. The largest absolute Gasteiger partial charge is 0.504 e. The van der Waals surface area contributed by atoms with E-state index in [9.17, 15) is 5.11 Å². The first-order chi connectivity index (χ1) is 7.22. The van der Waals surface area contributed by atoms with Crippen molar-refractivity contribution in [1.29, 1.82) is 0 Å². The second-order valence-electron chi connectivity index (χ2n) is 3.84. The minimum absolute atomic E-state index is 0.0977. The first-order valence-electron chi connectivity index (χ1n) is 5.16. The number of terminal acetylenes is 1. The fourth-order valence-corrected chi connectivity index (χ4v) is 1.72. The van der Waals surface area contributed by atoms with E-state index in [0.717, 1.165) is 18.4 Å². The van der Waals surface area contributed by atoms with E-state index in [1.54, 1.807) is 6.07 Å². The molecule has 0 aromatic heterocycles. The third kappa shape index (κ3) is 1.66. The fourth-order valence-electron chi connectivity index (χ4n) is 1.72. The van der Waals surface area contributed by atoms with Crippen LogP contribution in [0.15, 0.2) is 18.2 Å². The van der Waals surface area contributed by atoms with Crippen LogP contribution in [-0.2, 0) is 5.41 Å². The number of aromatic hydroxyl groups is 1. The summed E-state index contributed by atoms with van der Waals surface area (Å²) in [6.45, 7) is 2.43. The molecule has 2 nitrogen and oxygen atoms in total. The Kier molecular flexibility index (Phi) is 2.32. The van der Waals surface area contributed by atoms with Crippen LogP contribution >= 0.6 is 0 Å². The number of phenolic OH excluding ortho intramolecular Hbond substituents is 1. The number of hydrogen-bond donors (Lipinski definition) is 1. The van der Waals surface area contributed by atoms with E-state index in [1.807, 2.05) is 19.1 Å². The van der Waals surface area contributed by atoms with Gasteiger partial charge in [0.1, 0.15) is 0 Å². The molecule has 0 aliphatic heterocycles. The molecule has 1 aliphatic rings. The first-order valence-corrected chi connectivity index (χ1v) is 5.16. The Labute approximate surface area is 89.9 Å². The van der Waals surface area contributed by atoms with Crippen LogP contribution in [0, 0.1) is 12.3 Å². The van der Waals surface area contributed by atoms with E-state index < -0.39 is 0 Å². The molecule has 1 N–H and O–H groups in total. The lowest BCUT2D eigenvalue weighted by molar-refractivity contribution is 0.317. The smallest absolute Gasteiger partial charge is 0.161 e. The molecule has 2 rings (SSSR count). The highest BCUT2D eigenvalue weighted by Gasteiger charge is 2.42. The lowest BCUT2D eigenvalue weighted by Crippen LogP contribution is -2.03. The van der Waals surface area contributed by atoms with Gasteiger partial charge in [0, 0.05) is 0 Å². The van der Waals surface area contributed by atoms with Crippen LogP contribution in [0.25, 0.3) is 0 Å². The average Bonchev–Trinajstić information content (AvgIpc) is 3.02. The third-order valence-corrected chi connectivity index (χ3v) is 2.84. The van der Waals surface area contributed by atoms with Crippen LogP contribution in [-0.4, -0.2) is 11.7 Å². The predicted molar refractivity (Wildman–Crippen MR) is 59.0 cm³/mol. The van der Waals surface area contributed by atoms with Gasteiger partial charge in [-0.3, -0.25) is 0 Å². The monoisotopic (exact) mass is 202 g/mol. The van der Waals surface area contributed by atoms with Gasteiger partial charge < -0.3 is 9.84 Å². The number of ether oxygens (including phenoxy) is 1. The molecule has 0 radical (unpaired) electrons. The van der Waals surface area contributed by atoms with Crippen molar-refractivity contribution in [3.8, 4) is 23.8 Å². The summed E-state index contributed by atoms with van der Waals surface area (Å²) < 4.78 is 5.33. The molecule has 0 atom stereocenters. The molecule has 0 spiro atoms. The highest BCUT2D eigenvalue weighted by atomic mass is 16.5. The standard InChI is InChI=1S/C13H14O2/c1-3-13(7-8-13)10-5-6-11(14)12(9-10)15-4-2/h1,5-6,9,14H,4,7-8H2,2H3. The summed E-state index contributed by atoms with van der Waals surface area (Å²) in [5, 5.41) is 9.55. The molecular formula is C13H14O2. The van der Waals surface area contributed by atoms with Crippen molar-refractivity contribution in [2.45, 2.75) is 25.2 Å². The van der Waals surface area contributed by atoms with Gasteiger partial charge in [-0.25, -0.2) is 0 Å². The van der Waals surface area contributed by atoms with E-state index in [-0.39, 0.29) is 11.2 Å². The Bertz CT molecular complexity index is 411. The van der Waals surface area contributed by atoms with Gasteiger partial charge in [-0.2, -0.15) is 0 Å². The molecular weight excluding hydrogens is 188 g/mol. The average molecular weight is 202 g/mol. The molecule has 1 saturated carbocycles. The van der Waals surface area contributed by atoms with Gasteiger partial charge in [-0.15, -0.1) is 6.42 Å². The lowest BCUT2D eigenvalue weighted by atomic mass is 9.97. The SMILES string of the molecule is C#CC1(c2ccc(O)c(OCC)c2)CC1. The summed E-state index contributed by atoms with van der Waals surface area (Å²) in [6, 6.07) is 5.38. The number of rotatable bonds is 3. The number of hydrogen-bond acceptors (Lipinski definition) is 2. The summed E-state index contributed by atoms with van der Waals surface area (Å²) in [6.07, 6.45) is 7.56. The Morgan fingerprint density at radius 2 is 2.27 bits per heavy atom. The highest BCUT2D eigenvalue weighted by molar-refractivity contribution is 5.49. The molecule has 1 aromatic carbocycles. The minimum atomic E-state index is -0.0977. The van der Waals surface area contributed by atoms with E-state index in [0.29, 0.717) is 12.4 Å². The first kappa shape index (κ1) is 9.92. The Morgan fingerprint density at radius 1 is 1.53 bits per heavy atom. The summed E-state index contributed by atoms with van der Waals surface area (Å²) in [4.78, 5) is 0. The normalized spacial score (nSPS) is 16.8. The molecule has 0 heterocycles. The van der Waals surface area contributed by atoms with Crippen molar-refractivity contribution in [3.05, 3.63) is 23.8 Å². The quantitative estimate of drug-likeness (QED) is 0.763. The third-order valence-electron chi connectivity index (χ3n) is 2.84. The zero-order chi connectivity index (χ0) is 10.9. The minimum Gasteiger partial charge on any atom is -0.504 e. The molecule has 0 unspecified atom stereocenters. The topological polar surface area (TPSA) is 29.5 Å². The zero-order valence-electron chi connectivity index (χ0n) is 8.79. The zero-order valence-corrected chi connectivity index (χ0v) is 8.79. The van der Waals surface area contributed by atoms with Gasteiger partial charge in [0.2, 0.25) is 0 Å². The maximum Gasteiger partial charge on any atom is 0.161 e. The Balaban J connectivity index is 2.35. The van der Waals surface area contributed by atoms with Gasteiger partial charge in [0.25, 0.3) is 0 Å². The van der Waals surface area contributed by atoms with E-state index >= 15 is 0 Å². The molecule has 0 amide bonds. The van der Waals surface area contributed by atoms with E-state index in [4.69, 9.17) is 11.2 Å². The fraction of sp³-hybridized carbons (Fsp3) is 0.385. The Morgan fingerprint density at radius 3 is 2.80 bits per heavy atom. The van der Waals surface area contributed by atoms with Gasteiger partial charge in [-0.05, 0) is 37.5 Å². The molecule has 1 aliphatic carbocycles. The van der Waals surface area contributed by atoms with Gasteiger partial charge in [-0.1, -0.05) is 12.0 Å². The summed E-state index contributed by atoms with van der Waals surface area (Å²) in [7, 11) is 0. The van der Waals surface area contributed by atoms with Crippen LogP contribution in [0.5, 0.6) is 11.5 Å². The molecule has 15 heavy (non-hydrogen) atoms. The molecule has 78 valence electrons. The van der Waals surface area contributed by atoms with Crippen molar-refractivity contribution in [2.24, 2.45) is 0 Å². The number of benzene rings is 1. The Hall–Kier alpha value is -1.62. The maximum absolute atomic E-state index is 9.55. The molecule has 2 heteroatoms. The van der Waals surface area contributed by atoms with Crippen LogP contribution in [0.1, 0.15) is 25.3 Å². The highest BCUT2D eigenvalue weighted by Crippen LogP contribution is 2.49. The van der Waals surface area contributed by atoms with E-state index in [2.05, 4.69) is 5.92 Å². The molecule has 1 aromatic rings. The van der Waals surface area contributed by atoms with Crippen molar-refractivity contribution in [2.75, 3.05) is 6.61 Å². The van der Waals surface area contributed by atoms with Crippen LogP contribution in [0.4, 0.5) is 0 Å².